The summed E-state index contributed by atoms with van der Waals surface area (Å²) in [6.07, 6.45) is 3.73. The third-order valence-electron chi connectivity index (χ3n) is 2.83. The molecule has 2 aromatic rings. The molecule has 2 heterocycles. The van der Waals surface area contributed by atoms with Crippen LogP contribution in [0.25, 0.3) is 11.3 Å². The van der Waals surface area contributed by atoms with Crippen LogP contribution in [0.15, 0.2) is 16.7 Å². The highest BCUT2D eigenvalue weighted by molar-refractivity contribution is 7.12. The highest BCUT2D eigenvalue weighted by Crippen LogP contribution is 2.38. The zero-order valence-electron chi connectivity index (χ0n) is 9.41. The van der Waals surface area contributed by atoms with Crippen molar-refractivity contribution in [2.45, 2.75) is 32.2 Å². The molecule has 16 heavy (non-hydrogen) atoms. The Morgan fingerprint density at radius 1 is 1.44 bits per heavy atom. The molecule has 0 amide bonds. The second-order valence-corrected chi connectivity index (χ2v) is 5.85. The van der Waals surface area contributed by atoms with Crippen LogP contribution in [0.4, 0.5) is 0 Å². The van der Waals surface area contributed by atoms with Gasteiger partial charge in [-0.3, -0.25) is 0 Å². The van der Waals surface area contributed by atoms with Crippen LogP contribution in [0.1, 0.15) is 29.5 Å². The molecule has 3 nitrogen and oxygen atoms in total. The molecular formula is C12H14N2OS. The molecule has 0 atom stereocenters. The molecule has 84 valence electrons. The van der Waals surface area contributed by atoms with Gasteiger partial charge < -0.3 is 10.2 Å². The van der Waals surface area contributed by atoms with E-state index in [0.29, 0.717) is 0 Å². The Morgan fingerprint density at radius 2 is 2.25 bits per heavy atom. The average molecular weight is 234 g/mol. The SMILES string of the molecule is CC(C)(N)c1nc2c(s1)CCc1occc1-2. The van der Waals surface area contributed by atoms with Crippen molar-refractivity contribution in [2.24, 2.45) is 5.73 Å². The van der Waals surface area contributed by atoms with Gasteiger partial charge in [-0.2, -0.15) is 0 Å². The lowest BCUT2D eigenvalue weighted by Crippen LogP contribution is -2.28. The minimum absolute atomic E-state index is 0.355. The number of hydrogen-bond donors (Lipinski definition) is 1. The van der Waals surface area contributed by atoms with Gasteiger partial charge in [0.1, 0.15) is 10.8 Å². The van der Waals surface area contributed by atoms with E-state index in [1.165, 1.54) is 4.88 Å². The molecule has 2 aromatic heterocycles. The number of thiazole rings is 1. The van der Waals surface area contributed by atoms with E-state index in [0.717, 1.165) is 34.9 Å². The summed E-state index contributed by atoms with van der Waals surface area (Å²) in [5, 5.41) is 1.01. The van der Waals surface area contributed by atoms with Gasteiger partial charge in [-0.25, -0.2) is 4.98 Å². The van der Waals surface area contributed by atoms with Gasteiger partial charge in [0, 0.05) is 16.9 Å². The minimum atomic E-state index is -0.355. The van der Waals surface area contributed by atoms with Crippen molar-refractivity contribution in [1.29, 1.82) is 0 Å². The summed E-state index contributed by atoms with van der Waals surface area (Å²) in [7, 11) is 0. The third kappa shape index (κ3) is 1.41. The fourth-order valence-electron chi connectivity index (χ4n) is 1.98. The molecule has 0 saturated heterocycles. The van der Waals surface area contributed by atoms with E-state index in [-0.39, 0.29) is 5.54 Å². The number of nitrogens with zero attached hydrogens (tertiary/aromatic N) is 1. The highest BCUT2D eigenvalue weighted by atomic mass is 32.1. The normalized spacial score (nSPS) is 14.7. The van der Waals surface area contributed by atoms with Crippen LogP contribution in [0.2, 0.25) is 0 Å². The predicted octanol–water partition coefficient (Wildman–Crippen LogP) is 2.70. The van der Waals surface area contributed by atoms with Crippen molar-refractivity contribution in [2.75, 3.05) is 0 Å². The van der Waals surface area contributed by atoms with Gasteiger partial charge in [0.05, 0.1) is 17.5 Å². The Kier molecular flexibility index (Phi) is 2.00. The smallest absolute Gasteiger partial charge is 0.113 e. The summed E-state index contributed by atoms with van der Waals surface area (Å²) in [6.45, 7) is 3.99. The van der Waals surface area contributed by atoms with Gasteiger partial charge >= 0.3 is 0 Å². The first-order valence-electron chi connectivity index (χ1n) is 5.41. The third-order valence-corrected chi connectivity index (χ3v) is 4.28. The van der Waals surface area contributed by atoms with Crippen molar-refractivity contribution >= 4 is 11.3 Å². The Balaban J connectivity index is 2.16. The van der Waals surface area contributed by atoms with Gasteiger partial charge in [0.15, 0.2) is 0 Å². The number of aromatic nitrogens is 1. The quantitative estimate of drug-likeness (QED) is 0.825. The summed E-state index contributed by atoms with van der Waals surface area (Å²) < 4.78 is 5.44. The largest absolute Gasteiger partial charge is 0.469 e. The zero-order valence-corrected chi connectivity index (χ0v) is 10.2. The van der Waals surface area contributed by atoms with Gasteiger partial charge in [0.2, 0.25) is 0 Å². The van der Waals surface area contributed by atoms with Crippen LogP contribution in [-0.2, 0) is 18.4 Å². The summed E-state index contributed by atoms with van der Waals surface area (Å²) >= 11 is 1.73. The fraction of sp³-hybridized carbons (Fsp3) is 0.417. The van der Waals surface area contributed by atoms with Gasteiger partial charge in [0.25, 0.3) is 0 Å². The molecule has 1 aliphatic carbocycles. The van der Waals surface area contributed by atoms with E-state index in [9.17, 15) is 0 Å². The monoisotopic (exact) mass is 234 g/mol. The molecule has 3 rings (SSSR count). The summed E-state index contributed by atoms with van der Waals surface area (Å²) in [6, 6.07) is 2.00. The first-order valence-corrected chi connectivity index (χ1v) is 6.23. The van der Waals surface area contributed by atoms with Crippen molar-refractivity contribution < 1.29 is 4.42 Å². The van der Waals surface area contributed by atoms with Crippen LogP contribution in [0.3, 0.4) is 0 Å². The van der Waals surface area contributed by atoms with E-state index in [1.54, 1.807) is 17.6 Å². The van der Waals surface area contributed by atoms with E-state index in [2.05, 4.69) is 4.98 Å². The van der Waals surface area contributed by atoms with E-state index >= 15 is 0 Å². The molecule has 0 fully saturated rings. The molecule has 0 saturated carbocycles. The molecule has 0 spiro atoms. The number of nitrogens with two attached hydrogens (primary N) is 1. The first-order chi connectivity index (χ1) is 7.55. The predicted molar refractivity (Wildman–Crippen MR) is 64.4 cm³/mol. The lowest BCUT2D eigenvalue weighted by molar-refractivity contribution is 0.507. The van der Waals surface area contributed by atoms with Crippen LogP contribution in [0, 0.1) is 0 Å². The number of hydrogen-bond acceptors (Lipinski definition) is 4. The Bertz CT molecular complexity index is 533. The molecule has 4 heteroatoms. The van der Waals surface area contributed by atoms with Crippen molar-refractivity contribution in [1.82, 2.24) is 4.98 Å². The Hall–Kier alpha value is -1.13. The molecule has 0 aliphatic heterocycles. The van der Waals surface area contributed by atoms with Crippen LogP contribution in [0.5, 0.6) is 0 Å². The van der Waals surface area contributed by atoms with Gasteiger partial charge in [-0.15, -0.1) is 11.3 Å². The first kappa shape index (κ1) is 10.1. The molecule has 2 N–H and O–H groups in total. The van der Waals surface area contributed by atoms with Crippen LogP contribution in [-0.4, -0.2) is 4.98 Å². The van der Waals surface area contributed by atoms with Gasteiger partial charge in [-0.05, 0) is 26.3 Å². The van der Waals surface area contributed by atoms with E-state index < -0.39 is 0 Å². The standard InChI is InChI=1S/C12H14N2OS/c1-12(2,13)11-14-10-7-5-6-15-8(7)3-4-9(10)16-11/h5-6H,3-4,13H2,1-2H3. The Morgan fingerprint density at radius 3 is 3.00 bits per heavy atom. The molecule has 0 radical (unpaired) electrons. The number of furan rings is 1. The maximum Gasteiger partial charge on any atom is 0.113 e. The molecule has 0 bridgehead atoms. The second kappa shape index (κ2) is 3.18. The van der Waals surface area contributed by atoms with Crippen molar-refractivity contribution in [3.8, 4) is 11.3 Å². The van der Waals surface area contributed by atoms with Crippen molar-refractivity contribution in [3.63, 3.8) is 0 Å². The summed E-state index contributed by atoms with van der Waals surface area (Å²) in [5.74, 6) is 1.05. The molecule has 1 aliphatic rings. The lowest BCUT2D eigenvalue weighted by Gasteiger charge is -2.13. The summed E-state index contributed by atoms with van der Waals surface area (Å²) in [5.41, 5.74) is 7.96. The number of fused-ring (bicyclic) bond motifs is 3. The second-order valence-electron chi connectivity index (χ2n) is 4.77. The maximum absolute atomic E-state index is 6.09. The topological polar surface area (TPSA) is 52.0 Å². The molecule has 0 aromatic carbocycles. The fourth-order valence-corrected chi connectivity index (χ4v) is 3.07. The van der Waals surface area contributed by atoms with E-state index in [1.807, 2.05) is 19.9 Å². The maximum atomic E-state index is 6.09. The highest BCUT2D eigenvalue weighted by Gasteiger charge is 2.27. The van der Waals surface area contributed by atoms with Crippen molar-refractivity contribution in [3.05, 3.63) is 28.0 Å². The lowest BCUT2D eigenvalue weighted by atomic mass is 10.0. The summed E-state index contributed by atoms with van der Waals surface area (Å²) in [4.78, 5) is 6.00. The average Bonchev–Trinajstić information content (AvgIpc) is 2.81. The minimum Gasteiger partial charge on any atom is -0.469 e. The zero-order chi connectivity index (χ0) is 11.3. The Labute approximate surface area is 98.3 Å². The van der Waals surface area contributed by atoms with Crippen LogP contribution >= 0.6 is 11.3 Å². The molecule has 0 unspecified atom stereocenters. The number of aryl methyl sites for hydroxylation is 2. The molecular weight excluding hydrogens is 220 g/mol. The van der Waals surface area contributed by atoms with Crippen LogP contribution < -0.4 is 5.73 Å². The van der Waals surface area contributed by atoms with E-state index in [4.69, 9.17) is 10.2 Å². The number of rotatable bonds is 1. The van der Waals surface area contributed by atoms with Gasteiger partial charge in [-0.1, -0.05) is 0 Å².